The molecule has 1 aliphatic rings. The van der Waals surface area contributed by atoms with Gasteiger partial charge in [0.1, 0.15) is 0 Å². The van der Waals surface area contributed by atoms with Crippen molar-refractivity contribution < 1.29 is 4.74 Å². The zero-order valence-corrected chi connectivity index (χ0v) is 10.5. The molecule has 2 N–H and O–H groups in total. The van der Waals surface area contributed by atoms with Crippen molar-refractivity contribution in [2.75, 3.05) is 26.8 Å². The highest BCUT2D eigenvalue weighted by Gasteiger charge is 2.22. The molecule has 4 heteroatoms. The summed E-state index contributed by atoms with van der Waals surface area (Å²) < 4.78 is 4.94. The summed E-state index contributed by atoms with van der Waals surface area (Å²) in [7, 11) is 1.69. The number of ether oxygens (including phenoxy) is 1. The van der Waals surface area contributed by atoms with Crippen molar-refractivity contribution in [1.29, 1.82) is 0 Å². The highest BCUT2D eigenvalue weighted by Crippen LogP contribution is 2.30. The lowest BCUT2D eigenvalue weighted by Gasteiger charge is -2.17. The Morgan fingerprint density at radius 2 is 2.20 bits per heavy atom. The summed E-state index contributed by atoms with van der Waals surface area (Å²) in [6, 6.07) is 0. The highest BCUT2D eigenvalue weighted by molar-refractivity contribution is 7.80. The molecule has 2 atom stereocenters. The van der Waals surface area contributed by atoms with Gasteiger partial charge in [-0.3, -0.25) is 0 Å². The third-order valence-electron chi connectivity index (χ3n) is 3.16. The van der Waals surface area contributed by atoms with Crippen LogP contribution < -0.4 is 10.6 Å². The van der Waals surface area contributed by atoms with Gasteiger partial charge >= 0.3 is 0 Å². The van der Waals surface area contributed by atoms with Gasteiger partial charge in [0.15, 0.2) is 5.11 Å². The molecule has 0 amide bonds. The van der Waals surface area contributed by atoms with Crippen molar-refractivity contribution >= 4 is 17.3 Å². The predicted molar refractivity (Wildman–Crippen MR) is 67.0 cm³/mol. The van der Waals surface area contributed by atoms with Crippen LogP contribution >= 0.6 is 12.2 Å². The van der Waals surface area contributed by atoms with Crippen LogP contribution in [0.5, 0.6) is 0 Å². The lowest BCUT2D eigenvalue weighted by atomic mass is 9.98. The third-order valence-corrected chi connectivity index (χ3v) is 3.44. The standard InChI is InChI=1S/C11H22N2OS/c1-9-4-3-5-10(9)8-13-11(15)12-6-7-14-2/h9-10H,3-8H2,1-2H3,(H2,12,13,15). The van der Waals surface area contributed by atoms with Gasteiger partial charge in [0.05, 0.1) is 6.61 Å². The van der Waals surface area contributed by atoms with Crippen LogP contribution in [0.4, 0.5) is 0 Å². The molecule has 3 nitrogen and oxygen atoms in total. The Bertz CT molecular complexity index is 199. The van der Waals surface area contributed by atoms with Crippen molar-refractivity contribution in [2.45, 2.75) is 26.2 Å². The molecule has 0 spiro atoms. The minimum Gasteiger partial charge on any atom is -0.383 e. The molecular formula is C11H22N2OS. The van der Waals surface area contributed by atoms with Crippen LogP contribution in [0.25, 0.3) is 0 Å². The minimum absolute atomic E-state index is 0.696. The fraction of sp³-hybridized carbons (Fsp3) is 0.909. The number of thiocarbonyl (C=S) groups is 1. The molecule has 1 saturated carbocycles. The summed E-state index contributed by atoms with van der Waals surface area (Å²) in [6.45, 7) is 4.82. The van der Waals surface area contributed by atoms with Gasteiger partial charge in [0.2, 0.25) is 0 Å². The summed E-state index contributed by atoms with van der Waals surface area (Å²) in [4.78, 5) is 0. The van der Waals surface area contributed by atoms with Crippen molar-refractivity contribution in [3.63, 3.8) is 0 Å². The monoisotopic (exact) mass is 230 g/mol. The van der Waals surface area contributed by atoms with E-state index in [2.05, 4.69) is 17.6 Å². The molecule has 0 aromatic carbocycles. The van der Waals surface area contributed by atoms with Crippen LogP contribution in [0, 0.1) is 11.8 Å². The molecule has 1 fully saturated rings. The van der Waals surface area contributed by atoms with Crippen LogP contribution in [0.3, 0.4) is 0 Å². The first-order valence-electron chi connectivity index (χ1n) is 5.74. The molecule has 0 aliphatic heterocycles. The predicted octanol–water partition coefficient (Wildman–Crippen LogP) is 1.53. The smallest absolute Gasteiger partial charge is 0.166 e. The first kappa shape index (κ1) is 12.7. The van der Waals surface area contributed by atoms with E-state index in [9.17, 15) is 0 Å². The van der Waals surface area contributed by atoms with E-state index in [0.29, 0.717) is 6.61 Å². The van der Waals surface area contributed by atoms with Gasteiger partial charge in [-0.15, -0.1) is 0 Å². The summed E-state index contributed by atoms with van der Waals surface area (Å²) in [6.07, 6.45) is 4.09. The lowest BCUT2D eigenvalue weighted by Crippen LogP contribution is -2.39. The molecule has 2 unspecified atom stereocenters. The Hall–Kier alpha value is -0.350. The molecule has 0 saturated heterocycles. The molecule has 15 heavy (non-hydrogen) atoms. The largest absolute Gasteiger partial charge is 0.383 e. The fourth-order valence-corrected chi connectivity index (χ4v) is 2.26. The summed E-state index contributed by atoms with van der Waals surface area (Å²) in [5.41, 5.74) is 0. The number of hydrogen-bond acceptors (Lipinski definition) is 2. The van der Waals surface area contributed by atoms with Gasteiger partial charge < -0.3 is 15.4 Å². The first-order valence-corrected chi connectivity index (χ1v) is 6.15. The average Bonchev–Trinajstić information content (AvgIpc) is 2.61. The number of rotatable bonds is 5. The average molecular weight is 230 g/mol. The van der Waals surface area contributed by atoms with Gasteiger partial charge in [-0.25, -0.2) is 0 Å². The zero-order chi connectivity index (χ0) is 11.1. The Morgan fingerprint density at radius 3 is 2.80 bits per heavy atom. The molecule has 0 bridgehead atoms. The number of hydrogen-bond donors (Lipinski definition) is 2. The van der Waals surface area contributed by atoms with E-state index in [1.54, 1.807) is 7.11 Å². The van der Waals surface area contributed by atoms with E-state index in [-0.39, 0.29) is 0 Å². The van der Waals surface area contributed by atoms with Crippen LogP contribution in [0.15, 0.2) is 0 Å². The maximum Gasteiger partial charge on any atom is 0.166 e. The van der Waals surface area contributed by atoms with E-state index in [0.717, 1.165) is 30.0 Å². The first-order chi connectivity index (χ1) is 7.24. The third kappa shape index (κ3) is 4.80. The SMILES string of the molecule is COCCNC(=S)NCC1CCCC1C. The van der Waals surface area contributed by atoms with Crippen LogP contribution in [-0.2, 0) is 4.74 Å². The molecule has 88 valence electrons. The maximum absolute atomic E-state index is 5.16. The highest BCUT2D eigenvalue weighted by atomic mass is 32.1. The minimum atomic E-state index is 0.696. The fourth-order valence-electron chi connectivity index (χ4n) is 2.08. The van der Waals surface area contributed by atoms with Gasteiger partial charge in [0.25, 0.3) is 0 Å². The van der Waals surface area contributed by atoms with Gasteiger partial charge in [-0.2, -0.15) is 0 Å². The molecule has 1 aliphatic carbocycles. The molecular weight excluding hydrogens is 208 g/mol. The van der Waals surface area contributed by atoms with Crippen molar-refractivity contribution in [3.8, 4) is 0 Å². The Kier molecular flexibility index (Phi) is 5.95. The van der Waals surface area contributed by atoms with Crippen LogP contribution in [-0.4, -0.2) is 31.9 Å². The van der Waals surface area contributed by atoms with Crippen molar-refractivity contribution in [3.05, 3.63) is 0 Å². The molecule has 0 aromatic rings. The Balaban J connectivity index is 2.05. The van der Waals surface area contributed by atoms with E-state index >= 15 is 0 Å². The van der Waals surface area contributed by atoms with E-state index in [1.165, 1.54) is 19.3 Å². The number of methoxy groups -OCH3 is 1. The molecule has 0 aromatic heterocycles. The molecule has 0 radical (unpaired) electrons. The van der Waals surface area contributed by atoms with Gasteiger partial charge in [-0.1, -0.05) is 19.8 Å². The molecule has 0 heterocycles. The summed E-state index contributed by atoms with van der Waals surface area (Å²) in [5.74, 6) is 1.64. The molecule has 1 rings (SSSR count). The normalized spacial score (nSPS) is 25.2. The Morgan fingerprint density at radius 1 is 1.40 bits per heavy atom. The van der Waals surface area contributed by atoms with Crippen LogP contribution in [0.1, 0.15) is 26.2 Å². The zero-order valence-electron chi connectivity index (χ0n) is 9.71. The second-order valence-electron chi connectivity index (χ2n) is 4.30. The van der Waals surface area contributed by atoms with E-state index < -0.39 is 0 Å². The van der Waals surface area contributed by atoms with Crippen molar-refractivity contribution in [2.24, 2.45) is 11.8 Å². The van der Waals surface area contributed by atoms with Crippen LogP contribution in [0.2, 0.25) is 0 Å². The maximum atomic E-state index is 5.16. The lowest BCUT2D eigenvalue weighted by molar-refractivity contribution is 0.204. The van der Waals surface area contributed by atoms with E-state index in [1.807, 2.05) is 0 Å². The summed E-state index contributed by atoms with van der Waals surface area (Å²) in [5, 5.41) is 7.15. The quantitative estimate of drug-likeness (QED) is 0.554. The second kappa shape index (κ2) is 7.01. The Labute approximate surface area is 98.0 Å². The van der Waals surface area contributed by atoms with E-state index in [4.69, 9.17) is 17.0 Å². The topological polar surface area (TPSA) is 33.3 Å². The van der Waals surface area contributed by atoms with Crippen molar-refractivity contribution in [1.82, 2.24) is 10.6 Å². The summed E-state index contributed by atoms with van der Waals surface area (Å²) >= 11 is 5.16. The van der Waals surface area contributed by atoms with Gasteiger partial charge in [-0.05, 0) is 30.5 Å². The second-order valence-corrected chi connectivity index (χ2v) is 4.71. The van der Waals surface area contributed by atoms with Gasteiger partial charge in [0, 0.05) is 20.2 Å². The number of nitrogens with one attached hydrogen (secondary N) is 2.